The highest BCUT2D eigenvalue weighted by Gasteiger charge is 2.28. The van der Waals surface area contributed by atoms with E-state index in [2.05, 4.69) is 4.84 Å². The van der Waals surface area contributed by atoms with Crippen LogP contribution in [0.15, 0.2) is 23.1 Å². The van der Waals surface area contributed by atoms with Crippen molar-refractivity contribution in [2.75, 3.05) is 12.4 Å². The molecule has 110 valence electrons. The summed E-state index contributed by atoms with van der Waals surface area (Å²) in [5.74, 6) is -0.559. The molecule has 1 aromatic carbocycles. The molecular weight excluding hydrogens is 291 g/mol. The minimum atomic E-state index is -4.44. The molecule has 0 saturated heterocycles. The lowest BCUT2D eigenvalue weighted by molar-refractivity contribution is -0.191. The van der Waals surface area contributed by atoms with Crippen LogP contribution in [0.5, 0.6) is 0 Å². The number of hydrogen-bond donors (Lipinski definition) is 1. The number of carbonyl (C=O) groups excluding carboxylic acids is 1. The Kier molecular flexibility index (Phi) is 4.93. The van der Waals surface area contributed by atoms with Gasteiger partial charge in [-0.3, -0.25) is 9.63 Å². The first-order valence-electron chi connectivity index (χ1n) is 6.16. The molecule has 1 N–H and O–H groups in total. The number of hydrogen-bond acceptors (Lipinski definition) is 3. The number of alkyl halides is 3. The summed E-state index contributed by atoms with van der Waals surface area (Å²) in [5, 5.41) is 0. The van der Waals surface area contributed by atoms with Crippen molar-refractivity contribution < 1.29 is 22.8 Å². The number of hydroxylamine groups is 1. The molecule has 0 atom stereocenters. The number of aryl methyl sites for hydroxylation is 2. The van der Waals surface area contributed by atoms with Gasteiger partial charge in [0.2, 0.25) is 0 Å². The summed E-state index contributed by atoms with van der Waals surface area (Å²) in [6, 6.07) is 6.01. The molecule has 0 aliphatic heterocycles. The standard InChI is InChI=1S/C13H14F3NO2S/c14-13(15,16)8-19-17-12(18)7-20-11-5-4-9-2-1-3-10(9)6-11/h4-6H,1-3,7-8H2,(H,17,18). The average Bonchev–Trinajstić information content (AvgIpc) is 2.82. The van der Waals surface area contributed by atoms with Crippen molar-refractivity contribution >= 4 is 17.7 Å². The van der Waals surface area contributed by atoms with Crippen molar-refractivity contribution in [1.82, 2.24) is 5.48 Å². The van der Waals surface area contributed by atoms with Crippen LogP contribution in [0.25, 0.3) is 0 Å². The van der Waals surface area contributed by atoms with Crippen LogP contribution in [-0.4, -0.2) is 24.4 Å². The number of benzene rings is 1. The zero-order valence-corrected chi connectivity index (χ0v) is 11.4. The molecule has 1 aliphatic carbocycles. The van der Waals surface area contributed by atoms with Gasteiger partial charge in [0.15, 0.2) is 6.61 Å². The van der Waals surface area contributed by atoms with Gasteiger partial charge in [-0.25, -0.2) is 5.48 Å². The second-order valence-corrected chi connectivity index (χ2v) is 5.55. The smallest absolute Gasteiger partial charge is 0.272 e. The number of carbonyl (C=O) groups is 1. The minimum Gasteiger partial charge on any atom is -0.272 e. The van der Waals surface area contributed by atoms with E-state index in [1.165, 1.54) is 22.9 Å². The molecule has 1 amide bonds. The van der Waals surface area contributed by atoms with Crippen molar-refractivity contribution in [2.45, 2.75) is 30.3 Å². The lowest BCUT2D eigenvalue weighted by Crippen LogP contribution is -2.30. The lowest BCUT2D eigenvalue weighted by atomic mass is 10.1. The van der Waals surface area contributed by atoms with Crippen molar-refractivity contribution in [3.05, 3.63) is 29.3 Å². The number of amides is 1. The van der Waals surface area contributed by atoms with Crippen LogP contribution in [0.4, 0.5) is 13.2 Å². The Morgan fingerprint density at radius 2 is 2.05 bits per heavy atom. The van der Waals surface area contributed by atoms with Crippen molar-refractivity contribution in [3.8, 4) is 0 Å². The second kappa shape index (κ2) is 6.49. The fourth-order valence-electron chi connectivity index (χ4n) is 2.01. The fraction of sp³-hybridized carbons (Fsp3) is 0.462. The number of halogens is 3. The molecule has 0 bridgehead atoms. The van der Waals surface area contributed by atoms with Crippen LogP contribution in [0.1, 0.15) is 17.5 Å². The number of rotatable bonds is 5. The molecule has 0 spiro atoms. The molecule has 0 radical (unpaired) electrons. The summed E-state index contributed by atoms with van der Waals surface area (Å²) in [7, 11) is 0. The van der Waals surface area contributed by atoms with Crippen LogP contribution in [0, 0.1) is 0 Å². The van der Waals surface area contributed by atoms with E-state index in [-0.39, 0.29) is 5.75 Å². The normalized spacial score (nSPS) is 14.2. The van der Waals surface area contributed by atoms with E-state index in [0.717, 1.165) is 24.2 Å². The van der Waals surface area contributed by atoms with Gasteiger partial charge in [-0.1, -0.05) is 6.07 Å². The van der Waals surface area contributed by atoms with Crippen LogP contribution in [0.2, 0.25) is 0 Å². The van der Waals surface area contributed by atoms with Gasteiger partial charge in [0.05, 0.1) is 5.75 Å². The molecular formula is C13H14F3NO2S. The maximum absolute atomic E-state index is 11.8. The highest BCUT2D eigenvalue weighted by Crippen LogP contribution is 2.27. The Morgan fingerprint density at radius 3 is 2.80 bits per heavy atom. The van der Waals surface area contributed by atoms with Gasteiger partial charge in [-0.2, -0.15) is 13.2 Å². The molecule has 20 heavy (non-hydrogen) atoms. The van der Waals surface area contributed by atoms with Gasteiger partial charge in [-0.05, 0) is 42.5 Å². The zero-order chi connectivity index (χ0) is 14.6. The van der Waals surface area contributed by atoms with E-state index in [4.69, 9.17) is 0 Å². The Labute approximate surface area is 118 Å². The van der Waals surface area contributed by atoms with Gasteiger partial charge in [0.25, 0.3) is 5.91 Å². The molecule has 2 rings (SSSR count). The van der Waals surface area contributed by atoms with Crippen molar-refractivity contribution in [2.24, 2.45) is 0 Å². The molecule has 0 aromatic heterocycles. The third-order valence-corrected chi connectivity index (χ3v) is 3.86. The molecule has 1 aliphatic rings. The van der Waals surface area contributed by atoms with Crippen LogP contribution in [0.3, 0.4) is 0 Å². The predicted molar refractivity (Wildman–Crippen MR) is 69.3 cm³/mol. The first-order valence-corrected chi connectivity index (χ1v) is 7.14. The molecule has 0 fully saturated rings. The molecule has 3 nitrogen and oxygen atoms in total. The van der Waals surface area contributed by atoms with Gasteiger partial charge in [-0.15, -0.1) is 11.8 Å². The Bertz CT molecular complexity index is 491. The van der Waals surface area contributed by atoms with E-state index >= 15 is 0 Å². The number of fused-ring (bicyclic) bond motifs is 1. The molecule has 1 aromatic rings. The first kappa shape index (κ1) is 15.2. The largest absolute Gasteiger partial charge is 0.414 e. The summed E-state index contributed by atoms with van der Waals surface area (Å²) >= 11 is 1.28. The Morgan fingerprint density at radius 1 is 1.30 bits per heavy atom. The second-order valence-electron chi connectivity index (χ2n) is 4.50. The van der Waals surface area contributed by atoms with Gasteiger partial charge in [0.1, 0.15) is 0 Å². The third-order valence-electron chi connectivity index (χ3n) is 2.86. The van der Waals surface area contributed by atoms with E-state index in [1.807, 2.05) is 18.2 Å². The molecule has 0 saturated carbocycles. The van der Waals surface area contributed by atoms with Crippen LogP contribution in [-0.2, 0) is 22.5 Å². The maximum atomic E-state index is 11.8. The highest BCUT2D eigenvalue weighted by molar-refractivity contribution is 8.00. The summed E-state index contributed by atoms with van der Waals surface area (Å²) in [6.07, 6.45) is -1.16. The quantitative estimate of drug-likeness (QED) is 0.671. The van der Waals surface area contributed by atoms with Crippen molar-refractivity contribution in [3.63, 3.8) is 0 Å². The van der Waals surface area contributed by atoms with Gasteiger partial charge < -0.3 is 0 Å². The Hall–Kier alpha value is -1.21. The third kappa shape index (κ3) is 4.72. The first-order chi connectivity index (χ1) is 9.44. The fourth-order valence-corrected chi connectivity index (χ4v) is 2.76. The SMILES string of the molecule is O=C(CSc1ccc2c(c1)CCC2)NOCC(F)(F)F. The monoisotopic (exact) mass is 305 g/mol. The minimum absolute atomic E-state index is 0.0244. The summed E-state index contributed by atoms with van der Waals surface area (Å²) in [6.45, 7) is -1.48. The summed E-state index contributed by atoms with van der Waals surface area (Å²) < 4.78 is 35.4. The topological polar surface area (TPSA) is 38.3 Å². The van der Waals surface area contributed by atoms with E-state index in [0.29, 0.717) is 0 Å². The van der Waals surface area contributed by atoms with E-state index in [1.54, 1.807) is 5.48 Å². The number of nitrogens with one attached hydrogen (secondary N) is 1. The molecule has 0 unspecified atom stereocenters. The highest BCUT2D eigenvalue weighted by atomic mass is 32.2. The summed E-state index contributed by atoms with van der Waals surface area (Å²) in [4.78, 5) is 16.3. The van der Waals surface area contributed by atoms with Crippen LogP contribution >= 0.6 is 11.8 Å². The predicted octanol–water partition coefficient (Wildman–Crippen LogP) is 2.88. The molecule has 7 heteroatoms. The zero-order valence-electron chi connectivity index (χ0n) is 10.6. The Balaban J connectivity index is 1.73. The van der Waals surface area contributed by atoms with Gasteiger partial charge >= 0.3 is 6.18 Å². The summed E-state index contributed by atoms with van der Waals surface area (Å²) in [5.41, 5.74) is 4.42. The molecule has 0 heterocycles. The van der Waals surface area contributed by atoms with Crippen molar-refractivity contribution in [1.29, 1.82) is 0 Å². The maximum Gasteiger partial charge on any atom is 0.414 e. The average molecular weight is 305 g/mol. The lowest BCUT2D eigenvalue weighted by Gasteiger charge is -2.08. The van der Waals surface area contributed by atoms with Gasteiger partial charge in [0, 0.05) is 4.90 Å². The van der Waals surface area contributed by atoms with Crippen LogP contribution < -0.4 is 5.48 Å². The van der Waals surface area contributed by atoms with E-state index in [9.17, 15) is 18.0 Å². The number of thioether (sulfide) groups is 1. The van der Waals surface area contributed by atoms with E-state index < -0.39 is 18.7 Å².